The molecule has 3 heterocycles. The zero-order valence-corrected chi connectivity index (χ0v) is 19.1. The first-order valence-electron chi connectivity index (χ1n) is 11.4. The van der Waals surface area contributed by atoms with Gasteiger partial charge in [0, 0.05) is 41.1 Å². The number of halogens is 1. The van der Waals surface area contributed by atoms with E-state index in [1.165, 1.54) is 0 Å². The van der Waals surface area contributed by atoms with E-state index in [0.717, 1.165) is 62.0 Å². The summed E-state index contributed by atoms with van der Waals surface area (Å²) in [6, 6.07) is 11.4. The van der Waals surface area contributed by atoms with Crippen molar-refractivity contribution in [3.05, 3.63) is 72.5 Å². The molecule has 0 radical (unpaired) electrons. The number of aryl methyl sites for hydroxylation is 1. The van der Waals surface area contributed by atoms with Crippen molar-refractivity contribution in [2.75, 3.05) is 0 Å². The third-order valence-corrected chi connectivity index (χ3v) is 6.29. The fourth-order valence-corrected chi connectivity index (χ4v) is 4.47. The van der Waals surface area contributed by atoms with E-state index in [0.29, 0.717) is 11.3 Å². The third kappa shape index (κ3) is 3.15. The largest absolute Gasteiger partial charge is 0.342 e. The van der Waals surface area contributed by atoms with Crippen molar-refractivity contribution in [3.8, 4) is 22.4 Å². The Morgan fingerprint density at radius 1 is 0.853 bits per heavy atom. The zero-order chi connectivity index (χ0) is 23.4. The number of imidazole rings is 2. The van der Waals surface area contributed by atoms with Crippen LogP contribution in [-0.2, 0) is 6.42 Å². The standard InChI is InChI=1S/C27H23FN6/c1-4-22-31-13-21(32-22)18-8-6-16(12-20(18)28)15-5-7-17-19(11-15)23-25(30-10-9-29-23)26-24(17)33-27(34-26)14(2)3/h5-14H,4H2,1-3H3,(H,31,32)(H,33,34). The lowest BCUT2D eigenvalue weighted by molar-refractivity contribution is 0.631. The number of aromatic nitrogens is 6. The summed E-state index contributed by atoms with van der Waals surface area (Å²) in [6.07, 6.45) is 5.85. The summed E-state index contributed by atoms with van der Waals surface area (Å²) in [4.78, 5) is 25.0. The highest BCUT2D eigenvalue weighted by Gasteiger charge is 2.17. The minimum absolute atomic E-state index is 0.262. The Kier molecular flexibility index (Phi) is 4.65. The van der Waals surface area contributed by atoms with Crippen molar-refractivity contribution in [1.82, 2.24) is 29.9 Å². The van der Waals surface area contributed by atoms with E-state index in [-0.39, 0.29) is 11.7 Å². The Balaban J connectivity index is 1.53. The molecular weight excluding hydrogens is 427 g/mol. The molecule has 3 aromatic heterocycles. The van der Waals surface area contributed by atoms with Crippen molar-refractivity contribution < 1.29 is 4.39 Å². The Morgan fingerprint density at radius 2 is 1.62 bits per heavy atom. The first-order chi connectivity index (χ1) is 16.5. The van der Waals surface area contributed by atoms with Gasteiger partial charge in [0.05, 0.1) is 28.4 Å². The Morgan fingerprint density at radius 3 is 2.35 bits per heavy atom. The van der Waals surface area contributed by atoms with Crippen LogP contribution in [0.1, 0.15) is 38.3 Å². The molecule has 0 amide bonds. The fraction of sp³-hybridized carbons (Fsp3) is 0.185. The second kappa shape index (κ2) is 7.73. The maximum absolute atomic E-state index is 15.1. The molecule has 168 valence electrons. The molecule has 0 aliphatic rings. The molecule has 0 saturated carbocycles. The van der Waals surface area contributed by atoms with Crippen molar-refractivity contribution in [2.45, 2.75) is 33.1 Å². The number of rotatable bonds is 4. The lowest BCUT2D eigenvalue weighted by Crippen LogP contribution is -1.90. The normalized spacial score (nSPS) is 11.9. The van der Waals surface area contributed by atoms with Crippen molar-refractivity contribution in [1.29, 1.82) is 0 Å². The van der Waals surface area contributed by atoms with Gasteiger partial charge in [-0.1, -0.05) is 39.0 Å². The highest BCUT2D eigenvalue weighted by molar-refractivity contribution is 6.21. The summed E-state index contributed by atoms with van der Waals surface area (Å²) in [5.74, 6) is 1.73. The summed E-state index contributed by atoms with van der Waals surface area (Å²) in [5.41, 5.74) is 6.25. The van der Waals surface area contributed by atoms with Crippen LogP contribution < -0.4 is 0 Å². The lowest BCUT2D eigenvalue weighted by atomic mass is 9.98. The van der Waals surface area contributed by atoms with Gasteiger partial charge in [0.2, 0.25) is 0 Å². The van der Waals surface area contributed by atoms with Gasteiger partial charge in [0.1, 0.15) is 23.0 Å². The summed E-state index contributed by atoms with van der Waals surface area (Å²) in [5, 5.41) is 1.94. The van der Waals surface area contributed by atoms with Gasteiger partial charge >= 0.3 is 0 Å². The van der Waals surface area contributed by atoms with Crippen LogP contribution in [-0.4, -0.2) is 29.9 Å². The van der Waals surface area contributed by atoms with Crippen LogP contribution in [0.5, 0.6) is 0 Å². The number of H-pyrrole nitrogens is 2. The van der Waals surface area contributed by atoms with Crippen LogP contribution in [0.15, 0.2) is 55.0 Å². The van der Waals surface area contributed by atoms with Gasteiger partial charge in [0.25, 0.3) is 0 Å². The predicted molar refractivity (Wildman–Crippen MR) is 133 cm³/mol. The number of aromatic amines is 2. The van der Waals surface area contributed by atoms with Gasteiger partial charge in [-0.15, -0.1) is 0 Å². The Hall–Kier alpha value is -4.13. The molecule has 6 aromatic rings. The van der Waals surface area contributed by atoms with Crippen LogP contribution in [0, 0.1) is 5.82 Å². The molecule has 0 aliphatic carbocycles. The van der Waals surface area contributed by atoms with Crippen molar-refractivity contribution in [3.63, 3.8) is 0 Å². The molecule has 3 aromatic carbocycles. The maximum Gasteiger partial charge on any atom is 0.133 e. The molecule has 0 fully saturated rings. The molecule has 0 atom stereocenters. The topological polar surface area (TPSA) is 83.1 Å². The van der Waals surface area contributed by atoms with E-state index in [9.17, 15) is 0 Å². The summed E-state index contributed by atoms with van der Waals surface area (Å²) < 4.78 is 15.1. The number of nitrogens with one attached hydrogen (secondary N) is 2. The number of fused-ring (bicyclic) bond motifs is 6. The first-order valence-corrected chi connectivity index (χ1v) is 11.4. The third-order valence-electron chi connectivity index (χ3n) is 6.29. The summed E-state index contributed by atoms with van der Waals surface area (Å²) in [7, 11) is 0. The second-order valence-electron chi connectivity index (χ2n) is 8.81. The van der Waals surface area contributed by atoms with Gasteiger partial charge in [-0.3, -0.25) is 9.97 Å². The van der Waals surface area contributed by atoms with E-state index >= 15 is 4.39 Å². The molecule has 0 bridgehead atoms. The molecule has 7 heteroatoms. The molecule has 0 unspecified atom stereocenters. The molecule has 6 rings (SSSR count). The molecule has 34 heavy (non-hydrogen) atoms. The quantitative estimate of drug-likeness (QED) is 0.299. The molecule has 2 N–H and O–H groups in total. The van der Waals surface area contributed by atoms with E-state index in [1.807, 2.05) is 25.1 Å². The Bertz CT molecular complexity index is 1690. The molecule has 0 aliphatic heterocycles. The van der Waals surface area contributed by atoms with Gasteiger partial charge in [-0.05, 0) is 29.3 Å². The minimum Gasteiger partial charge on any atom is -0.342 e. The van der Waals surface area contributed by atoms with Crippen LogP contribution in [0.25, 0.3) is 55.2 Å². The van der Waals surface area contributed by atoms with E-state index in [4.69, 9.17) is 4.98 Å². The van der Waals surface area contributed by atoms with Gasteiger partial charge in [-0.2, -0.15) is 0 Å². The van der Waals surface area contributed by atoms with Gasteiger partial charge < -0.3 is 9.97 Å². The van der Waals surface area contributed by atoms with Gasteiger partial charge in [0.15, 0.2) is 0 Å². The number of nitrogens with zero attached hydrogens (tertiary/aromatic N) is 4. The highest BCUT2D eigenvalue weighted by Crippen LogP contribution is 2.36. The molecule has 0 saturated heterocycles. The summed E-state index contributed by atoms with van der Waals surface area (Å²) >= 11 is 0. The molecule has 6 nitrogen and oxygen atoms in total. The molecule has 0 spiro atoms. The second-order valence-corrected chi connectivity index (χ2v) is 8.81. The van der Waals surface area contributed by atoms with E-state index in [1.54, 1.807) is 30.7 Å². The number of hydrogen-bond donors (Lipinski definition) is 2. The average Bonchev–Trinajstić information content (AvgIpc) is 3.52. The SMILES string of the molecule is CCc1ncc(-c2ccc(-c3ccc4c(c3)c3nccnc3c3[nH]c(C(C)C)nc43)cc2F)[nH]1. The van der Waals surface area contributed by atoms with Crippen LogP contribution >= 0.6 is 0 Å². The summed E-state index contributed by atoms with van der Waals surface area (Å²) in [6.45, 7) is 6.23. The first kappa shape index (κ1) is 20.5. The van der Waals surface area contributed by atoms with E-state index < -0.39 is 0 Å². The van der Waals surface area contributed by atoms with Crippen LogP contribution in [0.3, 0.4) is 0 Å². The van der Waals surface area contributed by atoms with Crippen molar-refractivity contribution in [2.24, 2.45) is 0 Å². The average molecular weight is 451 g/mol. The van der Waals surface area contributed by atoms with Gasteiger partial charge in [-0.25, -0.2) is 14.4 Å². The van der Waals surface area contributed by atoms with Crippen molar-refractivity contribution >= 4 is 32.8 Å². The zero-order valence-electron chi connectivity index (χ0n) is 19.1. The fourth-order valence-electron chi connectivity index (χ4n) is 4.47. The molecular formula is C27H23FN6. The smallest absolute Gasteiger partial charge is 0.133 e. The Labute approximate surface area is 195 Å². The maximum atomic E-state index is 15.1. The number of hydrogen-bond acceptors (Lipinski definition) is 4. The van der Waals surface area contributed by atoms with E-state index in [2.05, 4.69) is 44.8 Å². The highest BCUT2D eigenvalue weighted by atomic mass is 19.1. The minimum atomic E-state index is -0.294. The monoisotopic (exact) mass is 450 g/mol. The predicted octanol–water partition coefficient (Wildman–Crippen LogP) is 6.54. The van der Waals surface area contributed by atoms with Crippen LogP contribution in [0.2, 0.25) is 0 Å². The van der Waals surface area contributed by atoms with Crippen LogP contribution in [0.4, 0.5) is 4.39 Å². The number of benzene rings is 3. The lowest BCUT2D eigenvalue weighted by Gasteiger charge is -2.09.